The van der Waals surface area contributed by atoms with Crippen molar-refractivity contribution in [3.63, 3.8) is 0 Å². The van der Waals surface area contributed by atoms with Crippen molar-refractivity contribution in [2.75, 3.05) is 11.9 Å². The second-order valence-corrected chi connectivity index (χ2v) is 5.85. The zero-order valence-electron chi connectivity index (χ0n) is 11.9. The second kappa shape index (κ2) is 7.17. The van der Waals surface area contributed by atoms with Gasteiger partial charge in [-0.2, -0.15) is 0 Å². The van der Waals surface area contributed by atoms with E-state index in [1.54, 1.807) is 6.20 Å². The molecule has 21 heavy (non-hydrogen) atoms. The number of nitrogens with one attached hydrogen (secondary N) is 2. The molecule has 110 valence electrons. The Balaban J connectivity index is 2.02. The van der Waals surface area contributed by atoms with E-state index in [0.29, 0.717) is 24.0 Å². The molecule has 0 radical (unpaired) electrons. The first-order chi connectivity index (χ1) is 10.1. The van der Waals surface area contributed by atoms with Gasteiger partial charge in [-0.3, -0.25) is 4.79 Å². The van der Waals surface area contributed by atoms with Crippen molar-refractivity contribution in [3.8, 4) is 0 Å². The minimum Gasteiger partial charge on any atom is -0.350 e. The highest BCUT2D eigenvalue weighted by molar-refractivity contribution is 9.10. The maximum absolute atomic E-state index is 11.8. The van der Waals surface area contributed by atoms with E-state index in [1.165, 1.54) is 6.20 Å². The van der Waals surface area contributed by atoms with Crippen molar-refractivity contribution in [1.29, 1.82) is 0 Å². The first kappa shape index (κ1) is 15.4. The summed E-state index contributed by atoms with van der Waals surface area (Å²) >= 11 is 3.45. The molecule has 2 N–H and O–H groups in total. The highest BCUT2D eigenvalue weighted by Gasteiger charge is 2.08. The molecule has 0 saturated carbocycles. The van der Waals surface area contributed by atoms with Crippen LogP contribution in [0.3, 0.4) is 0 Å². The Labute approximate surface area is 132 Å². The Morgan fingerprint density at radius 1 is 1.24 bits per heavy atom. The lowest BCUT2D eigenvalue weighted by molar-refractivity contribution is 0.0943. The van der Waals surface area contributed by atoms with Gasteiger partial charge in [0, 0.05) is 11.0 Å². The molecule has 0 bridgehead atoms. The number of rotatable bonds is 5. The standard InChI is InChI=1S/C15H17BrN4O/c1-10(2)7-19-15(21)13-8-18-14(9-17-13)20-12-6-4-3-5-11(12)16/h3-6,8-10H,7H2,1-2H3,(H,18,20)(H,19,21). The maximum atomic E-state index is 11.8. The van der Waals surface area contributed by atoms with Gasteiger partial charge in [0.15, 0.2) is 0 Å². The predicted octanol–water partition coefficient (Wildman–Crippen LogP) is 3.37. The van der Waals surface area contributed by atoms with Crippen molar-refractivity contribution in [2.24, 2.45) is 5.92 Å². The topological polar surface area (TPSA) is 66.9 Å². The lowest BCUT2D eigenvalue weighted by Gasteiger charge is -2.09. The molecule has 0 aliphatic heterocycles. The molecule has 5 nitrogen and oxygen atoms in total. The summed E-state index contributed by atoms with van der Waals surface area (Å²) in [5, 5.41) is 5.94. The normalized spacial score (nSPS) is 10.5. The minimum absolute atomic E-state index is 0.205. The first-order valence-corrected chi connectivity index (χ1v) is 7.47. The molecule has 2 rings (SSSR count). The summed E-state index contributed by atoms with van der Waals surface area (Å²) in [5.74, 6) is 0.782. The zero-order valence-corrected chi connectivity index (χ0v) is 13.5. The number of hydrogen-bond donors (Lipinski definition) is 2. The smallest absolute Gasteiger partial charge is 0.271 e. The maximum Gasteiger partial charge on any atom is 0.271 e. The predicted molar refractivity (Wildman–Crippen MR) is 86.6 cm³/mol. The molecule has 2 aromatic rings. The number of hydrogen-bond acceptors (Lipinski definition) is 4. The largest absolute Gasteiger partial charge is 0.350 e. The van der Waals surface area contributed by atoms with Crippen LogP contribution in [0.5, 0.6) is 0 Å². The van der Waals surface area contributed by atoms with Crippen LogP contribution in [-0.4, -0.2) is 22.4 Å². The third-order valence-corrected chi connectivity index (χ3v) is 3.38. The third kappa shape index (κ3) is 4.53. The summed E-state index contributed by atoms with van der Waals surface area (Å²) in [6, 6.07) is 7.72. The van der Waals surface area contributed by atoms with Crippen LogP contribution in [0.1, 0.15) is 24.3 Å². The van der Waals surface area contributed by atoms with Gasteiger partial charge in [0.2, 0.25) is 0 Å². The molecule has 1 amide bonds. The van der Waals surface area contributed by atoms with Crippen molar-refractivity contribution in [3.05, 3.63) is 46.8 Å². The molecule has 0 aliphatic carbocycles. The van der Waals surface area contributed by atoms with E-state index in [4.69, 9.17) is 0 Å². The number of carbonyl (C=O) groups is 1. The highest BCUT2D eigenvalue weighted by atomic mass is 79.9. The molecule has 0 spiro atoms. The summed E-state index contributed by atoms with van der Waals surface area (Å²) in [5.41, 5.74) is 1.21. The molecule has 1 heterocycles. The number of benzene rings is 1. The monoisotopic (exact) mass is 348 g/mol. The third-order valence-electron chi connectivity index (χ3n) is 2.69. The summed E-state index contributed by atoms with van der Waals surface area (Å²) < 4.78 is 0.936. The van der Waals surface area contributed by atoms with Crippen LogP contribution in [0.4, 0.5) is 11.5 Å². The number of nitrogens with zero attached hydrogens (tertiary/aromatic N) is 2. The van der Waals surface area contributed by atoms with Crippen LogP contribution in [0.2, 0.25) is 0 Å². The fourth-order valence-electron chi connectivity index (χ4n) is 1.60. The molecule has 0 saturated heterocycles. The summed E-state index contributed by atoms with van der Waals surface area (Å²) in [6.07, 6.45) is 3.01. The molecular formula is C15H17BrN4O. The summed E-state index contributed by atoms with van der Waals surface area (Å²) in [7, 11) is 0. The van der Waals surface area contributed by atoms with E-state index in [0.717, 1.165) is 10.2 Å². The first-order valence-electron chi connectivity index (χ1n) is 6.68. The van der Waals surface area contributed by atoms with Crippen LogP contribution in [0.25, 0.3) is 0 Å². The second-order valence-electron chi connectivity index (χ2n) is 5.00. The van der Waals surface area contributed by atoms with Crippen molar-refractivity contribution in [2.45, 2.75) is 13.8 Å². The number of aromatic nitrogens is 2. The fraction of sp³-hybridized carbons (Fsp3) is 0.267. The summed E-state index contributed by atoms with van der Waals surface area (Å²) in [6.45, 7) is 4.70. The van der Waals surface area contributed by atoms with E-state index in [2.05, 4.69) is 36.5 Å². The van der Waals surface area contributed by atoms with Crippen LogP contribution < -0.4 is 10.6 Å². The van der Waals surface area contributed by atoms with Crippen molar-refractivity contribution >= 4 is 33.3 Å². The molecular weight excluding hydrogens is 332 g/mol. The van der Waals surface area contributed by atoms with Gasteiger partial charge in [-0.1, -0.05) is 26.0 Å². The SMILES string of the molecule is CC(C)CNC(=O)c1cnc(Nc2ccccc2Br)cn1. The van der Waals surface area contributed by atoms with E-state index in [-0.39, 0.29) is 5.91 Å². The molecule has 1 aromatic carbocycles. The molecule has 0 unspecified atom stereocenters. The van der Waals surface area contributed by atoms with Crippen LogP contribution >= 0.6 is 15.9 Å². The van der Waals surface area contributed by atoms with E-state index in [9.17, 15) is 4.79 Å². The van der Waals surface area contributed by atoms with E-state index in [1.807, 2.05) is 38.1 Å². The number of halogens is 1. The van der Waals surface area contributed by atoms with E-state index < -0.39 is 0 Å². The molecule has 6 heteroatoms. The number of anilines is 2. The molecule has 1 aromatic heterocycles. The Morgan fingerprint density at radius 2 is 2.00 bits per heavy atom. The fourth-order valence-corrected chi connectivity index (χ4v) is 1.98. The van der Waals surface area contributed by atoms with Gasteiger partial charge in [0.1, 0.15) is 11.5 Å². The Kier molecular flexibility index (Phi) is 5.27. The average Bonchev–Trinajstić information content (AvgIpc) is 2.48. The van der Waals surface area contributed by atoms with Crippen molar-refractivity contribution < 1.29 is 4.79 Å². The lowest BCUT2D eigenvalue weighted by Crippen LogP contribution is -2.28. The quantitative estimate of drug-likeness (QED) is 0.869. The van der Waals surface area contributed by atoms with Gasteiger partial charge < -0.3 is 10.6 Å². The zero-order chi connectivity index (χ0) is 15.2. The number of para-hydroxylation sites is 1. The van der Waals surface area contributed by atoms with Gasteiger partial charge in [-0.05, 0) is 34.0 Å². The molecule has 0 aliphatic rings. The van der Waals surface area contributed by atoms with Gasteiger partial charge in [-0.15, -0.1) is 0 Å². The summed E-state index contributed by atoms with van der Waals surface area (Å²) in [4.78, 5) is 20.2. The number of amides is 1. The molecule has 0 fully saturated rings. The highest BCUT2D eigenvalue weighted by Crippen LogP contribution is 2.23. The lowest BCUT2D eigenvalue weighted by atomic mass is 10.2. The Bertz CT molecular complexity index is 613. The van der Waals surface area contributed by atoms with Gasteiger partial charge in [0.25, 0.3) is 5.91 Å². The Hall–Kier alpha value is -1.95. The average molecular weight is 349 g/mol. The van der Waals surface area contributed by atoms with Gasteiger partial charge in [0.05, 0.1) is 18.1 Å². The molecule has 0 atom stereocenters. The van der Waals surface area contributed by atoms with Gasteiger partial charge >= 0.3 is 0 Å². The van der Waals surface area contributed by atoms with Gasteiger partial charge in [-0.25, -0.2) is 9.97 Å². The van der Waals surface area contributed by atoms with Crippen LogP contribution in [0.15, 0.2) is 41.1 Å². The number of carbonyl (C=O) groups excluding carboxylic acids is 1. The van der Waals surface area contributed by atoms with Crippen molar-refractivity contribution in [1.82, 2.24) is 15.3 Å². The minimum atomic E-state index is -0.205. The van der Waals surface area contributed by atoms with E-state index >= 15 is 0 Å². The van der Waals surface area contributed by atoms with Crippen LogP contribution in [-0.2, 0) is 0 Å². The Morgan fingerprint density at radius 3 is 2.62 bits per heavy atom. The van der Waals surface area contributed by atoms with Crippen LogP contribution in [0, 0.1) is 5.92 Å².